The van der Waals surface area contributed by atoms with Gasteiger partial charge in [0, 0.05) is 12.0 Å². The SMILES string of the molecule is CCNCC1(c2ccccc2C)CCCC1C. The summed E-state index contributed by atoms with van der Waals surface area (Å²) in [6.45, 7) is 9.09. The maximum absolute atomic E-state index is 3.59. The van der Waals surface area contributed by atoms with Gasteiger partial charge in [0.15, 0.2) is 0 Å². The quantitative estimate of drug-likeness (QED) is 0.834. The van der Waals surface area contributed by atoms with Crippen LogP contribution in [0.1, 0.15) is 44.2 Å². The lowest BCUT2D eigenvalue weighted by Crippen LogP contribution is -2.40. The molecule has 1 aliphatic rings. The van der Waals surface area contributed by atoms with Gasteiger partial charge in [-0.05, 0) is 43.4 Å². The first-order valence-corrected chi connectivity index (χ1v) is 6.97. The Kier molecular flexibility index (Phi) is 3.88. The van der Waals surface area contributed by atoms with E-state index in [0.29, 0.717) is 5.41 Å². The third-order valence-electron chi connectivity index (χ3n) is 4.58. The van der Waals surface area contributed by atoms with Crippen LogP contribution in [0.2, 0.25) is 0 Å². The van der Waals surface area contributed by atoms with Crippen LogP contribution >= 0.6 is 0 Å². The van der Waals surface area contributed by atoms with Crippen molar-refractivity contribution in [2.75, 3.05) is 13.1 Å². The Balaban J connectivity index is 2.36. The Labute approximate surface area is 106 Å². The van der Waals surface area contributed by atoms with Gasteiger partial charge in [-0.3, -0.25) is 0 Å². The van der Waals surface area contributed by atoms with Gasteiger partial charge in [0.2, 0.25) is 0 Å². The fraction of sp³-hybridized carbons (Fsp3) is 0.625. The van der Waals surface area contributed by atoms with E-state index in [2.05, 4.69) is 50.4 Å². The van der Waals surface area contributed by atoms with E-state index in [1.807, 2.05) is 0 Å². The molecule has 0 saturated heterocycles. The molecule has 1 aromatic carbocycles. The number of rotatable bonds is 4. The Bertz CT molecular complexity index is 372. The molecule has 1 N–H and O–H groups in total. The van der Waals surface area contributed by atoms with Crippen LogP contribution < -0.4 is 5.32 Å². The van der Waals surface area contributed by atoms with Crippen molar-refractivity contribution >= 4 is 0 Å². The minimum absolute atomic E-state index is 0.376. The van der Waals surface area contributed by atoms with E-state index in [1.165, 1.54) is 24.8 Å². The zero-order valence-electron chi connectivity index (χ0n) is 11.4. The minimum atomic E-state index is 0.376. The molecular weight excluding hydrogens is 206 g/mol. The topological polar surface area (TPSA) is 12.0 Å². The lowest BCUT2D eigenvalue weighted by atomic mass is 9.71. The zero-order chi connectivity index (χ0) is 12.3. The van der Waals surface area contributed by atoms with Crippen molar-refractivity contribution in [3.63, 3.8) is 0 Å². The standard InChI is InChI=1S/C16H25N/c1-4-17-12-16(11-7-9-14(16)3)15-10-6-5-8-13(15)2/h5-6,8,10,14,17H,4,7,9,11-12H2,1-3H3. The summed E-state index contributed by atoms with van der Waals surface area (Å²) in [4.78, 5) is 0. The van der Waals surface area contributed by atoms with Crippen LogP contribution in [0.4, 0.5) is 0 Å². The third kappa shape index (κ3) is 2.26. The average Bonchev–Trinajstić information content (AvgIpc) is 2.70. The number of nitrogens with one attached hydrogen (secondary N) is 1. The van der Waals surface area contributed by atoms with E-state index < -0.39 is 0 Å². The van der Waals surface area contributed by atoms with Gasteiger partial charge in [-0.2, -0.15) is 0 Å². The predicted molar refractivity (Wildman–Crippen MR) is 74.4 cm³/mol. The van der Waals surface area contributed by atoms with Crippen molar-refractivity contribution in [2.45, 2.75) is 45.4 Å². The highest BCUT2D eigenvalue weighted by Gasteiger charge is 2.41. The number of benzene rings is 1. The smallest absolute Gasteiger partial charge is 0.0106 e. The van der Waals surface area contributed by atoms with Crippen LogP contribution in [0, 0.1) is 12.8 Å². The molecule has 0 spiro atoms. The highest BCUT2D eigenvalue weighted by Crippen LogP contribution is 2.46. The Morgan fingerprint density at radius 2 is 2.12 bits per heavy atom. The first-order valence-electron chi connectivity index (χ1n) is 6.97. The second-order valence-corrected chi connectivity index (χ2v) is 5.54. The largest absolute Gasteiger partial charge is 0.316 e. The van der Waals surface area contributed by atoms with Crippen molar-refractivity contribution in [3.8, 4) is 0 Å². The van der Waals surface area contributed by atoms with E-state index in [-0.39, 0.29) is 0 Å². The molecule has 0 aliphatic heterocycles. The predicted octanol–water partition coefficient (Wildman–Crippen LogP) is 3.66. The van der Waals surface area contributed by atoms with Gasteiger partial charge in [0.25, 0.3) is 0 Å². The van der Waals surface area contributed by atoms with Gasteiger partial charge in [-0.25, -0.2) is 0 Å². The Morgan fingerprint density at radius 3 is 2.71 bits per heavy atom. The molecule has 2 rings (SSSR count). The first-order chi connectivity index (χ1) is 8.20. The maximum atomic E-state index is 3.59. The summed E-state index contributed by atoms with van der Waals surface area (Å²) in [5, 5.41) is 3.59. The highest BCUT2D eigenvalue weighted by atomic mass is 14.9. The monoisotopic (exact) mass is 231 g/mol. The molecule has 2 atom stereocenters. The van der Waals surface area contributed by atoms with Gasteiger partial charge in [0.05, 0.1) is 0 Å². The molecule has 1 saturated carbocycles. The summed E-state index contributed by atoms with van der Waals surface area (Å²) in [7, 11) is 0. The molecule has 0 heterocycles. The minimum Gasteiger partial charge on any atom is -0.316 e. The highest BCUT2D eigenvalue weighted by molar-refractivity contribution is 5.35. The number of hydrogen-bond acceptors (Lipinski definition) is 1. The van der Waals surface area contributed by atoms with Crippen molar-refractivity contribution < 1.29 is 0 Å². The molecule has 94 valence electrons. The number of aryl methyl sites for hydroxylation is 1. The fourth-order valence-electron chi connectivity index (χ4n) is 3.48. The molecule has 1 aromatic rings. The van der Waals surface area contributed by atoms with E-state index in [4.69, 9.17) is 0 Å². The van der Waals surface area contributed by atoms with Crippen molar-refractivity contribution in [1.29, 1.82) is 0 Å². The lowest BCUT2D eigenvalue weighted by Gasteiger charge is -2.36. The normalized spacial score (nSPS) is 28.5. The second kappa shape index (κ2) is 5.22. The van der Waals surface area contributed by atoms with Crippen molar-refractivity contribution in [2.24, 2.45) is 5.92 Å². The first kappa shape index (κ1) is 12.6. The third-order valence-corrected chi connectivity index (χ3v) is 4.58. The van der Waals surface area contributed by atoms with E-state index >= 15 is 0 Å². The maximum Gasteiger partial charge on any atom is 0.0106 e. The number of hydrogen-bond donors (Lipinski definition) is 1. The fourth-order valence-corrected chi connectivity index (χ4v) is 3.48. The van der Waals surface area contributed by atoms with Crippen LogP contribution in [-0.4, -0.2) is 13.1 Å². The molecule has 1 fully saturated rings. The molecule has 2 unspecified atom stereocenters. The molecule has 1 nitrogen and oxygen atoms in total. The molecule has 0 bridgehead atoms. The molecule has 17 heavy (non-hydrogen) atoms. The van der Waals surface area contributed by atoms with Crippen LogP contribution in [0.3, 0.4) is 0 Å². The van der Waals surface area contributed by atoms with E-state index in [0.717, 1.165) is 19.0 Å². The van der Waals surface area contributed by atoms with Crippen LogP contribution in [0.25, 0.3) is 0 Å². The van der Waals surface area contributed by atoms with Crippen LogP contribution in [0.15, 0.2) is 24.3 Å². The lowest BCUT2D eigenvalue weighted by molar-refractivity contribution is 0.319. The Hall–Kier alpha value is -0.820. The van der Waals surface area contributed by atoms with Gasteiger partial charge >= 0.3 is 0 Å². The summed E-state index contributed by atoms with van der Waals surface area (Å²) in [6.07, 6.45) is 4.09. The average molecular weight is 231 g/mol. The van der Waals surface area contributed by atoms with Gasteiger partial charge in [-0.1, -0.05) is 44.5 Å². The molecule has 0 radical (unpaired) electrons. The number of likely N-dealkylation sites (N-methyl/N-ethyl adjacent to an activating group) is 1. The molecule has 0 aromatic heterocycles. The van der Waals surface area contributed by atoms with Gasteiger partial charge in [0.1, 0.15) is 0 Å². The zero-order valence-corrected chi connectivity index (χ0v) is 11.4. The summed E-state index contributed by atoms with van der Waals surface area (Å²) in [5.41, 5.74) is 3.41. The van der Waals surface area contributed by atoms with Gasteiger partial charge < -0.3 is 5.32 Å². The summed E-state index contributed by atoms with van der Waals surface area (Å²) in [5.74, 6) is 0.794. The van der Waals surface area contributed by atoms with E-state index in [9.17, 15) is 0 Å². The van der Waals surface area contributed by atoms with Crippen molar-refractivity contribution in [1.82, 2.24) is 5.32 Å². The molecule has 1 aliphatic carbocycles. The molecular formula is C16H25N. The van der Waals surface area contributed by atoms with Crippen LogP contribution in [-0.2, 0) is 5.41 Å². The molecule has 1 heteroatoms. The summed E-state index contributed by atoms with van der Waals surface area (Å²) < 4.78 is 0. The van der Waals surface area contributed by atoms with Gasteiger partial charge in [-0.15, -0.1) is 0 Å². The molecule has 0 amide bonds. The van der Waals surface area contributed by atoms with Crippen LogP contribution in [0.5, 0.6) is 0 Å². The summed E-state index contributed by atoms with van der Waals surface area (Å²) in [6, 6.07) is 8.95. The van der Waals surface area contributed by atoms with E-state index in [1.54, 1.807) is 5.56 Å². The second-order valence-electron chi connectivity index (χ2n) is 5.54. The summed E-state index contributed by atoms with van der Waals surface area (Å²) >= 11 is 0. The van der Waals surface area contributed by atoms with Crippen molar-refractivity contribution in [3.05, 3.63) is 35.4 Å². The Morgan fingerprint density at radius 1 is 1.35 bits per heavy atom.